The lowest BCUT2D eigenvalue weighted by Crippen LogP contribution is -2.25. The van der Waals surface area contributed by atoms with Gasteiger partial charge in [-0.1, -0.05) is 43.3 Å². The summed E-state index contributed by atoms with van der Waals surface area (Å²) in [7, 11) is -0.578. The van der Waals surface area contributed by atoms with Crippen molar-refractivity contribution in [2.45, 2.75) is 20.4 Å². The van der Waals surface area contributed by atoms with E-state index in [9.17, 15) is 0 Å². The molecule has 0 N–H and O–H groups in total. The third-order valence-corrected chi connectivity index (χ3v) is 5.37. The van der Waals surface area contributed by atoms with Gasteiger partial charge in [-0.2, -0.15) is 35.4 Å². The van der Waals surface area contributed by atoms with Crippen LogP contribution in [0.15, 0.2) is 48.6 Å². The molecule has 0 amide bonds. The monoisotopic (exact) mass is 225 g/mol. The van der Waals surface area contributed by atoms with Gasteiger partial charge >= 0.3 is 0 Å². The lowest BCUT2D eigenvalue weighted by atomic mass is 10.1. The van der Waals surface area contributed by atoms with E-state index in [0.717, 1.165) is 0 Å². The summed E-state index contributed by atoms with van der Waals surface area (Å²) in [4.78, 5) is 0. The van der Waals surface area contributed by atoms with E-state index in [1.165, 1.54) is 21.8 Å². The van der Waals surface area contributed by atoms with Crippen molar-refractivity contribution in [3.05, 3.63) is 60.1 Å². The molecular weight excluding hydrogens is 208 g/mol. The minimum absolute atomic E-state index is 0.578. The number of benzene rings is 1. The molecule has 0 unspecified atom stereocenters. The summed E-state index contributed by atoms with van der Waals surface area (Å²) in [6.45, 7) is 6.63. The number of hydrogen-bond donors (Lipinski definition) is 0. The second kappa shape index (κ2) is 4.66. The molecule has 0 aromatic heterocycles. The molecule has 0 saturated carbocycles. The largest absolute Gasteiger partial charge is 0.169 e. The smallest absolute Gasteiger partial charge is 0.0248 e. The maximum absolute atomic E-state index is 2.36. The summed E-state index contributed by atoms with van der Waals surface area (Å²) in [5.41, 5.74) is 1.34. The minimum atomic E-state index is -0.578. The van der Waals surface area contributed by atoms with E-state index >= 15 is 0 Å². The molecule has 16 heavy (non-hydrogen) atoms. The SMILES string of the molecule is Cc1ccc([Si](C)=C2C=C[C-](C)C=C2)cc1. The molecule has 82 valence electrons. The molecular formula is C15H17Si-. The number of rotatable bonds is 1. The second-order valence-electron chi connectivity index (χ2n) is 4.36. The van der Waals surface area contributed by atoms with Gasteiger partial charge in [-0.25, -0.2) is 0 Å². The van der Waals surface area contributed by atoms with Crippen LogP contribution in [0.1, 0.15) is 12.5 Å². The topological polar surface area (TPSA) is 0 Å². The maximum Gasteiger partial charge on any atom is 0.0248 e. The Bertz CT molecular complexity index is 445. The van der Waals surface area contributed by atoms with Gasteiger partial charge in [0.2, 0.25) is 0 Å². The third kappa shape index (κ3) is 2.42. The lowest BCUT2D eigenvalue weighted by Gasteiger charge is -2.18. The molecule has 1 aliphatic carbocycles. The van der Waals surface area contributed by atoms with Gasteiger partial charge in [0.25, 0.3) is 0 Å². The van der Waals surface area contributed by atoms with Gasteiger partial charge in [-0.3, -0.25) is 0 Å². The fourth-order valence-corrected chi connectivity index (χ4v) is 3.44. The van der Waals surface area contributed by atoms with Crippen LogP contribution in [-0.2, 0) is 0 Å². The quantitative estimate of drug-likeness (QED) is 0.509. The second-order valence-corrected chi connectivity index (χ2v) is 6.76. The van der Waals surface area contributed by atoms with Crippen molar-refractivity contribution in [1.29, 1.82) is 0 Å². The third-order valence-electron chi connectivity index (χ3n) is 2.97. The highest BCUT2D eigenvalue weighted by atomic mass is 28.2. The van der Waals surface area contributed by atoms with Gasteiger partial charge in [-0.05, 0) is 12.1 Å². The van der Waals surface area contributed by atoms with E-state index in [-0.39, 0.29) is 0 Å². The van der Waals surface area contributed by atoms with E-state index in [1.54, 1.807) is 0 Å². The van der Waals surface area contributed by atoms with Crippen LogP contribution in [0, 0.1) is 12.8 Å². The molecule has 1 aromatic carbocycles. The van der Waals surface area contributed by atoms with Crippen LogP contribution in [0.4, 0.5) is 0 Å². The van der Waals surface area contributed by atoms with Gasteiger partial charge < -0.3 is 0 Å². The first-order valence-electron chi connectivity index (χ1n) is 5.64. The highest BCUT2D eigenvalue weighted by molar-refractivity contribution is 6.84. The van der Waals surface area contributed by atoms with E-state index in [0.29, 0.717) is 0 Å². The normalized spacial score (nSPS) is 14.4. The standard InChI is InChI=1S/C15H17Si/c1-12-4-8-14(9-5-12)16(3)15-10-6-13(2)7-11-15/h4-11H,1-3H3/q-1. The maximum atomic E-state index is 2.36. The molecule has 2 rings (SSSR count). The highest BCUT2D eigenvalue weighted by Crippen LogP contribution is 2.08. The predicted octanol–water partition coefficient (Wildman–Crippen LogP) is 2.80. The molecule has 0 spiro atoms. The molecule has 0 atom stereocenters. The van der Waals surface area contributed by atoms with Crippen LogP contribution in [0.25, 0.3) is 0 Å². The van der Waals surface area contributed by atoms with Crippen molar-refractivity contribution in [2.75, 3.05) is 0 Å². The average Bonchev–Trinajstić information content (AvgIpc) is 2.30. The molecule has 0 bridgehead atoms. The molecule has 0 saturated heterocycles. The number of allylic oxidation sites excluding steroid dienone is 4. The Kier molecular flexibility index (Phi) is 3.25. The van der Waals surface area contributed by atoms with E-state index < -0.39 is 8.41 Å². The number of hydrogen-bond acceptors (Lipinski definition) is 0. The van der Waals surface area contributed by atoms with Gasteiger partial charge in [0.15, 0.2) is 0 Å². The first kappa shape index (κ1) is 11.2. The molecule has 1 aliphatic rings. The van der Waals surface area contributed by atoms with Crippen LogP contribution < -0.4 is 5.19 Å². The fraction of sp³-hybridized carbons (Fsp3) is 0.200. The van der Waals surface area contributed by atoms with E-state index in [4.69, 9.17) is 0 Å². The zero-order valence-corrected chi connectivity index (χ0v) is 11.1. The van der Waals surface area contributed by atoms with Crippen LogP contribution >= 0.6 is 0 Å². The Balaban J connectivity index is 2.34. The van der Waals surface area contributed by atoms with E-state index in [2.05, 4.69) is 69.0 Å². The summed E-state index contributed by atoms with van der Waals surface area (Å²) in [5.74, 6) is 1.34. The van der Waals surface area contributed by atoms with E-state index in [1.807, 2.05) is 0 Å². The highest BCUT2D eigenvalue weighted by Gasteiger charge is 1.99. The van der Waals surface area contributed by atoms with Gasteiger partial charge in [0.1, 0.15) is 0 Å². The van der Waals surface area contributed by atoms with Crippen molar-refractivity contribution in [3.8, 4) is 0 Å². The molecule has 0 heterocycles. The number of aryl methyl sites for hydroxylation is 1. The van der Waals surface area contributed by atoms with Gasteiger partial charge in [0.05, 0.1) is 0 Å². The summed E-state index contributed by atoms with van der Waals surface area (Å²) < 4.78 is 0. The zero-order chi connectivity index (χ0) is 11.5. The van der Waals surface area contributed by atoms with Crippen molar-refractivity contribution in [3.63, 3.8) is 0 Å². The van der Waals surface area contributed by atoms with Crippen LogP contribution in [0.5, 0.6) is 0 Å². The first-order valence-corrected chi connectivity index (χ1v) is 7.64. The molecule has 0 nitrogen and oxygen atoms in total. The Hall–Kier alpha value is -1.34. The van der Waals surface area contributed by atoms with Crippen molar-refractivity contribution in [2.24, 2.45) is 0 Å². The Morgan fingerprint density at radius 1 is 1.00 bits per heavy atom. The van der Waals surface area contributed by atoms with Crippen molar-refractivity contribution < 1.29 is 0 Å². The van der Waals surface area contributed by atoms with Crippen LogP contribution in [0.2, 0.25) is 6.55 Å². The van der Waals surface area contributed by atoms with Gasteiger partial charge in [-0.15, -0.1) is 0 Å². The van der Waals surface area contributed by atoms with Crippen molar-refractivity contribution >= 4 is 18.8 Å². The lowest BCUT2D eigenvalue weighted by molar-refractivity contribution is 1.33. The summed E-state index contributed by atoms with van der Waals surface area (Å²) in [6.07, 6.45) is 8.95. The molecule has 1 heteroatoms. The molecule has 1 aromatic rings. The molecule has 0 aliphatic heterocycles. The van der Waals surface area contributed by atoms with Gasteiger partial charge in [0, 0.05) is 8.41 Å². The summed E-state index contributed by atoms with van der Waals surface area (Å²) >= 11 is 0. The Labute approximate surface area is 99.5 Å². The molecule has 0 fully saturated rings. The van der Waals surface area contributed by atoms with Crippen LogP contribution in [-0.4, -0.2) is 13.6 Å². The summed E-state index contributed by atoms with van der Waals surface area (Å²) in [6, 6.07) is 8.95. The predicted molar refractivity (Wildman–Crippen MR) is 74.6 cm³/mol. The average molecular weight is 225 g/mol. The fourth-order valence-electron chi connectivity index (χ4n) is 1.77. The minimum Gasteiger partial charge on any atom is -0.169 e. The molecule has 0 radical (unpaired) electrons. The Morgan fingerprint density at radius 2 is 1.56 bits per heavy atom. The van der Waals surface area contributed by atoms with Crippen LogP contribution in [0.3, 0.4) is 0 Å². The first-order chi connectivity index (χ1) is 7.66. The van der Waals surface area contributed by atoms with Crippen molar-refractivity contribution in [1.82, 2.24) is 0 Å². The zero-order valence-electron chi connectivity index (χ0n) is 10.1. The Morgan fingerprint density at radius 3 is 2.12 bits per heavy atom. The summed E-state index contributed by atoms with van der Waals surface area (Å²) in [5, 5.41) is 2.97.